The van der Waals surface area contributed by atoms with Gasteiger partial charge in [0.15, 0.2) is 0 Å². The highest BCUT2D eigenvalue weighted by Gasteiger charge is 2.24. The second kappa shape index (κ2) is 7.70. The smallest absolute Gasteiger partial charge is 0.255 e. The molecule has 2 amide bonds. The Kier molecular flexibility index (Phi) is 5.38. The van der Waals surface area contributed by atoms with Crippen LogP contribution in [-0.2, 0) is 11.2 Å². The SMILES string of the molecule is CCSc1ccc(NC(=O)c2ccc3c(c2)CCN3C(=O)CC)cn1. The van der Waals surface area contributed by atoms with E-state index in [0.717, 1.165) is 28.5 Å². The van der Waals surface area contributed by atoms with Gasteiger partial charge in [-0.15, -0.1) is 11.8 Å². The van der Waals surface area contributed by atoms with Crippen molar-refractivity contribution in [2.24, 2.45) is 0 Å². The summed E-state index contributed by atoms with van der Waals surface area (Å²) in [5.74, 6) is 0.915. The van der Waals surface area contributed by atoms with Crippen molar-refractivity contribution in [3.05, 3.63) is 47.7 Å². The molecule has 6 heteroatoms. The van der Waals surface area contributed by atoms with Crippen LogP contribution in [0, 0.1) is 0 Å². The van der Waals surface area contributed by atoms with Gasteiger partial charge in [-0.1, -0.05) is 13.8 Å². The molecule has 1 N–H and O–H groups in total. The molecule has 1 aromatic heterocycles. The molecule has 0 radical (unpaired) electrons. The van der Waals surface area contributed by atoms with Gasteiger partial charge in [-0.2, -0.15) is 0 Å². The van der Waals surface area contributed by atoms with E-state index >= 15 is 0 Å². The molecular weight excluding hydrogens is 334 g/mol. The molecule has 2 heterocycles. The summed E-state index contributed by atoms with van der Waals surface area (Å²) in [5.41, 5.74) is 3.23. The molecule has 130 valence electrons. The van der Waals surface area contributed by atoms with E-state index in [0.29, 0.717) is 24.2 Å². The summed E-state index contributed by atoms with van der Waals surface area (Å²) in [7, 11) is 0. The minimum absolute atomic E-state index is 0.118. The van der Waals surface area contributed by atoms with Gasteiger partial charge in [0.1, 0.15) is 0 Å². The van der Waals surface area contributed by atoms with Crippen LogP contribution in [0.2, 0.25) is 0 Å². The Balaban J connectivity index is 1.72. The standard InChI is InChI=1S/C19H21N3O2S/c1-3-18(23)22-10-9-13-11-14(5-7-16(13)22)19(24)21-15-6-8-17(20-12-15)25-4-2/h5-8,11-12H,3-4,9-10H2,1-2H3,(H,21,24). The number of aromatic nitrogens is 1. The third-order valence-electron chi connectivity index (χ3n) is 4.13. The zero-order valence-electron chi connectivity index (χ0n) is 14.4. The molecule has 0 fully saturated rings. The summed E-state index contributed by atoms with van der Waals surface area (Å²) in [5, 5.41) is 3.82. The molecule has 5 nitrogen and oxygen atoms in total. The summed E-state index contributed by atoms with van der Waals surface area (Å²) < 4.78 is 0. The predicted molar refractivity (Wildman–Crippen MR) is 101 cm³/mol. The van der Waals surface area contributed by atoms with Gasteiger partial charge in [-0.3, -0.25) is 9.59 Å². The van der Waals surface area contributed by atoms with E-state index in [1.807, 2.05) is 31.2 Å². The number of anilines is 2. The average molecular weight is 355 g/mol. The van der Waals surface area contributed by atoms with Crippen LogP contribution in [0.3, 0.4) is 0 Å². The Morgan fingerprint density at radius 2 is 2.08 bits per heavy atom. The number of rotatable bonds is 5. The fraction of sp³-hybridized carbons (Fsp3) is 0.316. The van der Waals surface area contributed by atoms with Crippen molar-refractivity contribution in [1.82, 2.24) is 4.98 Å². The lowest BCUT2D eigenvalue weighted by Gasteiger charge is -2.16. The van der Waals surface area contributed by atoms with E-state index in [1.54, 1.807) is 28.9 Å². The maximum Gasteiger partial charge on any atom is 0.255 e. The largest absolute Gasteiger partial charge is 0.321 e. The molecule has 0 atom stereocenters. The second-order valence-corrected chi connectivity index (χ2v) is 7.05. The average Bonchev–Trinajstić information content (AvgIpc) is 3.06. The topological polar surface area (TPSA) is 62.3 Å². The zero-order valence-corrected chi connectivity index (χ0v) is 15.2. The Morgan fingerprint density at radius 3 is 2.76 bits per heavy atom. The zero-order chi connectivity index (χ0) is 17.8. The minimum Gasteiger partial charge on any atom is -0.321 e. The lowest BCUT2D eigenvalue weighted by molar-refractivity contribution is -0.118. The van der Waals surface area contributed by atoms with Gasteiger partial charge in [0.25, 0.3) is 5.91 Å². The molecule has 0 saturated heterocycles. The number of hydrogen-bond donors (Lipinski definition) is 1. The number of amides is 2. The molecule has 0 unspecified atom stereocenters. The summed E-state index contributed by atoms with van der Waals surface area (Å²) in [6.45, 7) is 4.62. The van der Waals surface area contributed by atoms with Gasteiger partial charge in [-0.25, -0.2) is 4.98 Å². The van der Waals surface area contributed by atoms with Gasteiger partial charge in [0.05, 0.1) is 16.9 Å². The number of thioether (sulfide) groups is 1. The maximum atomic E-state index is 12.5. The van der Waals surface area contributed by atoms with E-state index < -0.39 is 0 Å². The number of nitrogens with zero attached hydrogens (tertiary/aromatic N) is 2. The van der Waals surface area contributed by atoms with Crippen LogP contribution in [0.4, 0.5) is 11.4 Å². The highest BCUT2D eigenvalue weighted by atomic mass is 32.2. The lowest BCUT2D eigenvalue weighted by atomic mass is 10.1. The molecule has 0 spiro atoms. The second-order valence-electron chi connectivity index (χ2n) is 5.76. The Hall–Kier alpha value is -2.34. The van der Waals surface area contributed by atoms with E-state index in [2.05, 4.69) is 17.2 Å². The van der Waals surface area contributed by atoms with Crippen LogP contribution >= 0.6 is 11.8 Å². The van der Waals surface area contributed by atoms with Gasteiger partial charge >= 0.3 is 0 Å². The maximum absolute atomic E-state index is 12.5. The number of carbonyl (C=O) groups is 2. The monoisotopic (exact) mass is 355 g/mol. The van der Waals surface area contributed by atoms with Gasteiger partial charge in [0, 0.05) is 24.2 Å². The molecule has 1 aromatic carbocycles. The first-order valence-corrected chi connectivity index (χ1v) is 9.44. The van der Waals surface area contributed by atoms with Crippen molar-refractivity contribution in [3.63, 3.8) is 0 Å². The molecule has 0 aliphatic carbocycles. The van der Waals surface area contributed by atoms with E-state index in [9.17, 15) is 9.59 Å². The van der Waals surface area contributed by atoms with Crippen molar-refractivity contribution in [2.75, 3.05) is 22.5 Å². The lowest BCUT2D eigenvalue weighted by Crippen LogP contribution is -2.27. The van der Waals surface area contributed by atoms with Crippen molar-refractivity contribution >= 4 is 35.0 Å². The van der Waals surface area contributed by atoms with E-state index in [1.165, 1.54) is 0 Å². The van der Waals surface area contributed by atoms with Crippen molar-refractivity contribution < 1.29 is 9.59 Å². The Bertz CT molecular complexity index is 790. The Labute approximate surface area is 151 Å². The third kappa shape index (κ3) is 3.85. The quantitative estimate of drug-likeness (QED) is 0.830. The first kappa shape index (κ1) is 17.5. The summed E-state index contributed by atoms with van der Waals surface area (Å²) in [6, 6.07) is 9.27. The molecule has 0 saturated carbocycles. The summed E-state index contributed by atoms with van der Waals surface area (Å²) in [6.07, 6.45) is 2.94. The van der Waals surface area contributed by atoms with Crippen LogP contribution in [0.5, 0.6) is 0 Å². The molecular formula is C19H21N3O2S. The van der Waals surface area contributed by atoms with E-state index in [-0.39, 0.29) is 11.8 Å². The number of hydrogen-bond acceptors (Lipinski definition) is 4. The highest BCUT2D eigenvalue weighted by Crippen LogP contribution is 2.29. The third-order valence-corrected chi connectivity index (χ3v) is 4.95. The fourth-order valence-corrected chi connectivity index (χ4v) is 3.47. The molecule has 1 aliphatic heterocycles. The van der Waals surface area contributed by atoms with Crippen LogP contribution in [0.15, 0.2) is 41.6 Å². The van der Waals surface area contributed by atoms with Crippen LogP contribution in [0.1, 0.15) is 36.2 Å². The highest BCUT2D eigenvalue weighted by molar-refractivity contribution is 7.99. The summed E-state index contributed by atoms with van der Waals surface area (Å²) >= 11 is 1.66. The normalized spacial score (nSPS) is 12.8. The number of nitrogens with one attached hydrogen (secondary N) is 1. The van der Waals surface area contributed by atoms with Crippen molar-refractivity contribution in [3.8, 4) is 0 Å². The summed E-state index contributed by atoms with van der Waals surface area (Å²) in [4.78, 5) is 30.5. The Morgan fingerprint density at radius 1 is 1.24 bits per heavy atom. The predicted octanol–water partition coefficient (Wildman–Crippen LogP) is 3.75. The fourth-order valence-electron chi connectivity index (χ4n) is 2.88. The minimum atomic E-state index is -0.166. The van der Waals surface area contributed by atoms with E-state index in [4.69, 9.17) is 0 Å². The number of carbonyl (C=O) groups excluding carboxylic acids is 2. The molecule has 25 heavy (non-hydrogen) atoms. The van der Waals surface area contributed by atoms with Gasteiger partial charge in [0.2, 0.25) is 5.91 Å². The number of fused-ring (bicyclic) bond motifs is 1. The van der Waals surface area contributed by atoms with Crippen molar-refractivity contribution in [2.45, 2.75) is 31.7 Å². The molecule has 1 aliphatic rings. The van der Waals surface area contributed by atoms with Crippen LogP contribution in [-0.4, -0.2) is 29.1 Å². The van der Waals surface area contributed by atoms with Crippen molar-refractivity contribution in [1.29, 1.82) is 0 Å². The number of benzene rings is 1. The van der Waals surface area contributed by atoms with Gasteiger partial charge < -0.3 is 10.2 Å². The first-order chi connectivity index (χ1) is 12.1. The molecule has 0 bridgehead atoms. The van der Waals surface area contributed by atoms with Gasteiger partial charge in [-0.05, 0) is 48.1 Å². The van der Waals surface area contributed by atoms with Crippen LogP contribution in [0.25, 0.3) is 0 Å². The number of pyridine rings is 1. The molecule has 2 aromatic rings. The first-order valence-electron chi connectivity index (χ1n) is 8.46. The van der Waals surface area contributed by atoms with Crippen LogP contribution < -0.4 is 10.2 Å². The molecule has 3 rings (SSSR count).